The molecule has 0 aliphatic rings. The van der Waals surface area contributed by atoms with Gasteiger partial charge in [0.25, 0.3) is 0 Å². The summed E-state index contributed by atoms with van der Waals surface area (Å²) in [4.78, 5) is 0. The van der Waals surface area contributed by atoms with Crippen LogP contribution in [0.5, 0.6) is 0 Å². The van der Waals surface area contributed by atoms with Crippen LogP contribution in [-0.4, -0.2) is 25.9 Å². The molecule has 0 aromatic rings. The predicted octanol–water partition coefficient (Wildman–Crippen LogP) is -0.475. The van der Waals surface area contributed by atoms with Crippen molar-refractivity contribution in [2.24, 2.45) is 0 Å². The fourth-order valence-electron chi connectivity index (χ4n) is 0.0680. The molecule has 0 rings (SSSR count). The van der Waals surface area contributed by atoms with Gasteiger partial charge in [-0.25, -0.2) is 16.8 Å². The summed E-state index contributed by atoms with van der Waals surface area (Å²) in [6.07, 6.45) is 0. The summed E-state index contributed by atoms with van der Waals surface area (Å²) >= 11 is -0.363. The Morgan fingerprint density at radius 2 is 1.07 bits per heavy atom. The van der Waals surface area contributed by atoms with Crippen molar-refractivity contribution in [3.05, 3.63) is 0 Å². The van der Waals surface area contributed by atoms with Gasteiger partial charge in [-0.1, -0.05) is 0 Å². The fraction of sp³-hybridized carbons (Fsp3) is 0. The standard InChI is InChI=1S/Mo.H3N.H2O8S2.2S/c;;1-9(2,3)7-8-10(4,5)6;;/h;1H3;(H,1,2,3)(H,4,5,6);;/q+1;;;;/p-1. The van der Waals surface area contributed by atoms with Gasteiger partial charge < -0.3 is 15.3 Å². The van der Waals surface area contributed by atoms with Gasteiger partial charge in [-0.15, -0.1) is 8.67 Å². The third-order valence-corrected chi connectivity index (χ3v) is 0.750. The number of hydrogen-bond donors (Lipinski definition) is 1. The minimum atomic E-state index is -5.31. The van der Waals surface area contributed by atoms with E-state index in [9.17, 15) is 25.9 Å². The Bertz CT molecular complexity index is 326. The van der Waals surface area contributed by atoms with E-state index in [2.05, 4.69) is 28.3 Å². The molecule has 0 fully saturated rings. The Balaban J connectivity index is -0.000000267. The molecule has 14 heavy (non-hydrogen) atoms. The average molecular weight is 370 g/mol. The summed E-state index contributed by atoms with van der Waals surface area (Å²) in [7, 11) is -1.94. The van der Waals surface area contributed by atoms with Crippen molar-refractivity contribution in [3.63, 3.8) is 0 Å². The van der Waals surface area contributed by atoms with Crippen LogP contribution in [0.25, 0.3) is 0 Å². The zero-order valence-electron chi connectivity index (χ0n) is 6.31. The van der Waals surface area contributed by atoms with E-state index in [1.54, 1.807) is 0 Å². The van der Waals surface area contributed by atoms with Crippen LogP contribution < -0.4 is 6.15 Å². The first-order valence-electron chi connectivity index (χ1n) is 1.83. The topological polar surface area (TPSA) is 169 Å². The molecule has 0 amide bonds. The van der Waals surface area contributed by atoms with Crippen LogP contribution >= 0.6 is 19.6 Å². The summed E-state index contributed by atoms with van der Waals surface area (Å²) in [5.41, 5.74) is 0. The van der Waals surface area contributed by atoms with Crippen LogP contribution in [0.2, 0.25) is 0 Å². The van der Waals surface area contributed by atoms with Crippen molar-refractivity contribution in [2.75, 3.05) is 0 Å². The molecule has 0 saturated carbocycles. The van der Waals surface area contributed by atoms with E-state index in [0.717, 1.165) is 0 Å². The normalized spacial score (nSPS) is 10.1. The number of hydrogen-bond acceptors (Lipinski definition) is 10. The van der Waals surface area contributed by atoms with Gasteiger partial charge in [0.2, 0.25) is 20.8 Å². The van der Waals surface area contributed by atoms with Gasteiger partial charge in [-0.3, -0.25) is 0 Å². The van der Waals surface area contributed by atoms with Gasteiger partial charge in [-0.05, 0) is 0 Å². The van der Waals surface area contributed by atoms with Crippen LogP contribution in [0.15, 0.2) is 0 Å². The SMILES string of the molecule is O=S(=O)([O-])OOS(=O)(=O)[O-].[NH4+].[S]=[Mo+]=[S]. The van der Waals surface area contributed by atoms with E-state index < -0.39 is 20.8 Å². The van der Waals surface area contributed by atoms with Gasteiger partial charge in [0.15, 0.2) is 0 Å². The first-order chi connectivity index (χ1) is 5.62. The maximum absolute atomic E-state index is 9.37. The van der Waals surface area contributed by atoms with Crippen LogP contribution in [-0.2, 0) is 44.4 Å². The zero-order valence-corrected chi connectivity index (χ0v) is 11.6. The van der Waals surface area contributed by atoms with Gasteiger partial charge in [-0.2, -0.15) is 0 Å². The van der Waals surface area contributed by atoms with Gasteiger partial charge in [0.05, 0.1) is 0 Å². The summed E-state index contributed by atoms with van der Waals surface area (Å²) in [5.74, 6) is 0. The van der Waals surface area contributed by atoms with Crippen molar-refractivity contribution >= 4 is 40.4 Å². The van der Waals surface area contributed by atoms with E-state index in [1.165, 1.54) is 0 Å². The molecule has 4 N–H and O–H groups in total. The second kappa shape index (κ2) is 9.08. The average Bonchev–Trinajstić information content (AvgIpc) is 1.82. The molecule has 0 aliphatic carbocycles. The van der Waals surface area contributed by atoms with E-state index in [1.807, 2.05) is 0 Å². The molecular formula is H4MoNO8S4. The van der Waals surface area contributed by atoms with Crippen LogP contribution in [0.4, 0.5) is 0 Å². The monoisotopic (exact) mass is 372 g/mol. The van der Waals surface area contributed by atoms with Gasteiger partial charge >= 0.3 is 34.6 Å². The van der Waals surface area contributed by atoms with Crippen molar-refractivity contribution in [1.82, 2.24) is 6.15 Å². The Morgan fingerprint density at radius 3 is 1.14 bits per heavy atom. The Morgan fingerprint density at radius 1 is 0.929 bits per heavy atom. The molecule has 9 nitrogen and oxygen atoms in total. The number of rotatable bonds is 3. The van der Waals surface area contributed by atoms with Crippen molar-refractivity contribution in [2.45, 2.75) is 0 Å². The molecule has 0 aromatic heterocycles. The number of quaternary nitrogens is 1. The van der Waals surface area contributed by atoms with E-state index >= 15 is 0 Å². The van der Waals surface area contributed by atoms with Crippen LogP contribution in [0.3, 0.4) is 0 Å². The first kappa shape index (κ1) is 20.3. The molecule has 0 heterocycles. The molecule has 0 atom stereocenters. The molecule has 0 unspecified atom stereocenters. The van der Waals surface area contributed by atoms with Crippen LogP contribution in [0.1, 0.15) is 0 Å². The predicted molar refractivity (Wildman–Crippen MR) is 42.7 cm³/mol. The zero-order chi connectivity index (χ0) is 11.1. The second-order valence-electron chi connectivity index (χ2n) is 1.02. The molecular weight excluding hydrogens is 366 g/mol. The van der Waals surface area contributed by atoms with Crippen molar-refractivity contribution in [3.8, 4) is 0 Å². The molecule has 0 bridgehead atoms. The molecule has 87 valence electrons. The molecule has 14 heteroatoms. The molecule has 0 radical (unpaired) electrons. The van der Waals surface area contributed by atoms with Gasteiger partial charge in [0, 0.05) is 0 Å². The van der Waals surface area contributed by atoms with E-state index in [4.69, 9.17) is 0 Å². The first-order valence-corrected chi connectivity index (χ1v) is 10.1. The van der Waals surface area contributed by atoms with Gasteiger partial charge in [0.1, 0.15) is 0 Å². The molecule has 0 aliphatic heterocycles. The van der Waals surface area contributed by atoms with Crippen LogP contribution in [0, 0.1) is 0 Å². The summed E-state index contributed by atoms with van der Waals surface area (Å²) in [6, 6.07) is 0. The summed E-state index contributed by atoms with van der Waals surface area (Å²) in [5, 5.41) is 0. The Labute approximate surface area is 95.6 Å². The summed E-state index contributed by atoms with van der Waals surface area (Å²) < 4.78 is 61.5. The summed E-state index contributed by atoms with van der Waals surface area (Å²) in [6.45, 7) is 0. The third kappa shape index (κ3) is 29.3. The molecule has 0 spiro atoms. The van der Waals surface area contributed by atoms with E-state index in [-0.39, 0.29) is 21.1 Å². The Kier molecular flexibility index (Phi) is 13.1. The second-order valence-corrected chi connectivity index (χ2v) is 6.48. The van der Waals surface area contributed by atoms with E-state index in [0.29, 0.717) is 0 Å². The third-order valence-electron chi connectivity index (χ3n) is 0.194. The maximum atomic E-state index is 9.37. The fourth-order valence-corrected chi connectivity index (χ4v) is 0.612. The van der Waals surface area contributed by atoms with Crippen molar-refractivity contribution in [1.29, 1.82) is 0 Å². The Hall–Kier alpha value is 0.828. The minimum absolute atomic E-state index is 0. The van der Waals surface area contributed by atoms with Crippen molar-refractivity contribution < 1.29 is 49.5 Å². The molecule has 0 aromatic carbocycles. The quantitative estimate of drug-likeness (QED) is 0.225. The molecule has 0 saturated heterocycles.